The van der Waals surface area contributed by atoms with Crippen LogP contribution in [0.1, 0.15) is 38.2 Å². The van der Waals surface area contributed by atoms with Gasteiger partial charge < -0.3 is 10.6 Å². The molecule has 2 N–H and O–H groups in total. The highest BCUT2D eigenvalue weighted by atomic mass is 127. The first-order valence-electron chi connectivity index (χ1n) is 8.31. The van der Waals surface area contributed by atoms with E-state index in [1.165, 1.54) is 6.07 Å². The van der Waals surface area contributed by atoms with Crippen molar-refractivity contribution in [3.8, 4) is 0 Å². The fraction of sp³-hybridized carbons (Fsp3) is 0.588. The summed E-state index contributed by atoms with van der Waals surface area (Å²) < 4.78 is 38.9. The van der Waals surface area contributed by atoms with Crippen LogP contribution >= 0.6 is 24.0 Å². The molecule has 0 spiro atoms. The quantitative estimate of drug-likeness (QED) is 0.382. The molecular weight excluding hydrogens is 459 g/mol. The number of halogens is 3. The van der Waals surface area contributed by atoms with Crippen LogP contribution in [0.5, 0.6) is 0 Å². The van der Waals surface area contributed by atoms with E-state index >= 15 is 0 Å². The Morgan fingerprint density at radius 3 is 2.80 bits per heavy atom. The van der Waals surface area contributed by atoms with Crippen molar-refractivity contribution in [3.63, 3.8) is 0 Å². The van der Waals surface area contributed by atoms with Gasteiger partial charge in [0, 0.05) is 47.0 Å². The number of rotatable bonds is 5. The van der Waals surface area contributed by atoms with Crippen molar-refractivity contribution in [3.05, 3.63) is 35.4 Å². The zero-order valence-electron chi connectivity index (χ0n) is 14.6. The minimum Gasteiger partial charge on any atom is -0.354 e. The highest BCUT2D eigenvalue weighted by molar-refractivity contribution is 14.0. The topological polar surface area (TPSA) is 53.5 Å². The van der Waals surface area contributed by atoms with Gasteiger partial charge in [0.1, 0.15) is 11.6 Å². The van der Waals surface area contributed by atoms with Crippen molar-refractivity contribution in [2.24, 2.45) is 4.99 Å². The molecule has 4 nitrogen and oxygen atoms in total. The van der Waals surface area contributed by atoms with Crippen LogP contribution in [-0.4, -0.2) is 34.3 Å². The van der Waals surface area contributed by atoms with Gasteiger partial charge in [-0.05, 0) is 37.5 Å². The molecule has 0 saturated heterocycles. The normalized spacial score (nSPS) is 22.0. The molecule has 0 radical (unpaired) electrons. The van der Waals surface area contributed by atoms with Gasteiger partial charge in [-0.15, -0.1) is 24.0 Å². The maximum Gasteiger partial charge on any atom is 0.191 e. The van der Waals surface area contributed by atoms with E-state index in [0.717, 1.165) is 37.8 Å². The number of nitrogens with zero attached hydrogens (tertiary/aromatic N) is 1. The van der Waals surface area contributed by atoms with Crippen molar-refractivity contribution in [2.45, 2.75) is 50.4 Å². The molecular formula is C17H26F2IN3OS. The van der Waals surface area contributed by atoms with Crippen LogP contribution in [-0.2, 0) is 17.3 Å². The molecule has 3 unspecified atom stereocenters. The Labute approximate surface area is 167 Å². The molecule has 0 aliphatic heterocycles. The third kappa shape index (κ3) is 6.80. The summed E-state index contributed by atoms with van der Waals surface area (Å²) in [6, 6.07) is 3.59. The lowest BCUT2D eigenvalue weighted by atomic mass is 9.95. The summed E-state index contributed by atoms with van der Waals surface area (Å²) in [6.07, 6.45) is 3.87. The SMILES string of the molecule is CCS(=O)C1CCCC(NC(=NC)NCc2cc(F)ccc2F)C1.I. The van der Waals surface area contributed by atoms with Gasteiger partial charge in [-0.1, -0.05) is 13.3 Å². The van der Waals surface area contributed by atoms with Crippen molar-refractivity contribution in [1.29, 1.82) is 0 Å². The third-order valence-corrected chi connectivity index (χ3v) is 6.04. The maximum atomic E-state index is 13.7. The van der Waals surface area contributed by atoms with Gasteiger partial charge >= 0.3 is 0 Å². The Hall–Kier alpha value is -0.770. The van der Waals surface area contributed by atoms with Crippen molar-refractivity contribution in [1.82, 2.24) is 10.6 Å². The molecule has 1 saturated carbocycles. The first-order valence-corrected chi connectivity index (χ1v) is 9.70. The van der Waals surface area contributed by atoms with E-state index in [9.17, 15) is 13.0 Å². The molecule has 0 bridgehead atoms. The van der Waals surface area contributed by atoms with Crippen LogP contribution in [0.2, 0.25) is 0 Å². The fourth-order valence-corrected chi connectivity index (χ4v) is 4.34. The summed E-state index contributed by atoms with van der Waals surface area (Å²) in [5, 5.41) is 6.54. The summed E-state index contributed by atoms with van der Waals surface area (Å²) in [4.78, 5) is 4.14. The fourth-order valence-electron chi connectivity index (χ4n) is 3.00. The van der Waals surface area contributed by atoms with Crippen molar-refractivity contribution >= 4 is 40.7 Å². The summed E-state index contributed by atoms with van der Waals surface area (Å²) >= 11 is 0. The lowest BCUT2D eigenvalue weighted by molar-refractivity contribution is 0.413. The van der Waals surface area contributed by atoms with E-state index in [0.29, 0.717) is 11.7 Å². The minimum absolute atomic E-state index is 0. The van der Waals surface area contributed by atoms with E-state index in [1.54, 1.807) is 7.05 Å². The number of nitrogens with one attached hydrogen (secondary N) is 2. The molecule has 3 atom stereocenters. The van der Waals surface area contributed by atoms with Crippen LogP contribution < -0.4 is 10.6 Å². The first kappa shape index (κ1) is 22.3. The third-order valence-electron chi connectivity index (χ3n) is 4.30. The van der Waals surface area contributed by atoms with Crippen LogP contribution in [0.15, 0.2) is 23.2 Å². The molecule has 25 heavy (non-hydrogen) atoms. The second-order valence-electron chi connectivity index (χ2n) is 5.96. The molecule has 1 fully saturated rings. The van der Waals surface area contributed by atoms with Crippen LogP contribution in [0.25, 0.3) is 0 Å². The number of benzene rings is 1. The van der Waals surface area contributed by atoms with Gasteiger partial charge in [-0.25, -0.2) is 8.78 Å². The standard InChI is InChI=1S/C17H25F2N3OS.HI/c1-3-24(23)15-6-4-5-14(10-15)22-17(20-2)21-11-12-9-13(18)7-8-16(12)19;/h7-9,14-15H,3-6,10-11H2,1-2H3,(H2,20,21,22);1H. The highest BCUT2D eigenvalue weighted by Crippen LogP contribution is 2.23. The summed E-state index contributed by atoms with van der Waals surface area (Å²) in [5.74, 6) is 0.318. The molecule has 2 rings (SSSR count). The average Bonchev–Trinajstić information content (AvgIpc) is 2.60. The highest BCUT2D eigenvalue weighted by Gasteiger charge is 2.26. The van der Waals surface area contributed by atoms with Crippen LogP contribution in [0, 0.1) is 11.6 Å². The van der Waals surface area contributed by atoms with Gasteiger partial charge in [-0.2, -0.15) is 0 Å². The Balaban J connectivity index is 0.00000312. The average molecular weight is 485 g/mol. The number of guanidine groups is 1. The monoisotopic (exact) mass is 485 g/mol. The Morgan fingerprint density at radius 2 is 2.12 bits per heavy atom. The van der Waals surface area contributed by atoms with E-state index < -0.39 is 22.4 Å². The van der Waals surface area contributed by atoms with Crippen molar-refractivity contribution < 1.29 is 13.0 Å². The van der Waals surface area contributed by atoms with E-state index in [2.05, 4.69) is 15.6 Å². The lowest BCUT2D eigenvalue weighted by Crippen LogP contribution is -2.46. The predicted octanol–water partition coefficient (Wildman–Crippen LogP) is 3.33. The zero-order valence-corrected chi connectivity index (χ0v) is 17.7. The summed E-state index contributed by atoms with van der Waals surface area (Å²) in [5.41, 5.74) is 0.256. The zero-order chi connectivity index (χ0) is 17.5. The number of aliphatic imine (C=N–C) groups is 1. The summed E-state index contributed by atoms with van der Waals surface area (Å²) in [7, 11) is 0.859. The summed E-state index contributed by atoms with van der Waals surface area (Å²) in [6.45, 7) is 2.10. The maximum absolute atomic E-state index is 13.7. The first-order chi connectivity index (χ1) is 11.5. The molecule has 1 aliphatic rings. The Morgan fingerprint density at radius 1 is 1.36 bits per heavy atom. The molecule has 1 aromatic carbocycles. The van der Waals surface area contributed by atoms with Crippen LogP contribution in [0.4, 0.5) is 8.78 Å². The van der Waals surface area contributed by atoms with Gasteiger partial charge in [0.15, 0.2) is 5.96 Å². The smallest absolute Gasteiger partial charge is 0.191 e. The second-order valence-corrected chi connectivity index (χ2v) is 7.97. The molecule has 0 aromatic heterocycles. The van der Waals surface area contributed by atoms with E-state index in [4.69, 9.17) is 0 Å². The van der Waals surface area contributed by atoms with Gasteiger partial charge in [0.25, 0.3) is 0 Å². The number of hydrogen-bond acceptors (Lipinski definition) is 2. The largest absolute Gasteiger partial charge is 0.354 e. The van der Waals surface area contributed by atoms with E-state index in [-0.39, 0.29) is 47.4 Å². The predicted molar refractivity (Wildman–Crippen MR) is 110 cm³/mol. The molecule has 8 heteroatoms. The molecule has 1 aliphatic carbocycles. The molecule has 0 amide bonds. The second kappa shape index (κ2) is 11.1. The molecule has 0 heterocycles. The Bertz CT molecular complexity index is 616. The minimum atomic E-state index is -0.782. The Kier molecular flexibility index (Phi) is 9.84. The molecule has 1 aromatic rings. The van der Waals surface area contributed by atoms with Gasteiger partial charge in [-0.3, -0.25) is 9.20 Å². The van der Waals surface area contributed by atoms with Gasteiger partial charge in [0.05, 0.1) is 0 Å². The lowest BCUT2D eigenvalue weighted by Gasteiger charge is -2.30. The van der Waals surface area contributed by atoms with E-state index in [1.807, 2.05) is 6.92 Å². The van der Waals surface area contributed by atoms with Crippen molar-refractivity contribution in [2.75, 3.05) is 12.8 Å². The number of hydrogen-bond donors (Lipinski definition) is 2. The van der Waals surface area contributed by atoms with Crippen LogP contribution in [0.3, 0.4) is 0 Å². The van der Waals surface area contributed by atoms with Gasteiger partial charge in [0.2, 0.25) is 0 Å². The molecule has 142 valence electrons.